The molecule has 0 aromatic heterocycles. The molecule has 0 radical (unpaired) electrons. The number of benzene rings is 2. The average molecular weight is 487 g/mol. The van der Waals surface area contributed by atoms with E-state index in [4.69, 9.17) is 0 Å². The Kier molecular flexibility index (Phi) is 8.68. The zero-order valence-corrected chi connectivity index (χ0v) is 19.5. The van der Waals surface area contributed by atoms with E-state index in [2.05, 4.69) is 24.5 Å². The maximum Gasteiger partial charge on any atom is 0.416 e. The van der Waals surface area contributed by atoms with Crippen LogP contribution < -0.4 is 10.6 Å². The highest BCUT2D eigenvalue weighted by Crippen LogP contribution is 2.36. The first-order valence-electron chi connectivity index (χ1n) is 11.8. The lowest BCUT2D eigenvalue weighted by molar-refractivity contribution is -0.139. The molecule has 8 heteroatoms. The molecule has 0 saturated carbocycles. The number of hydrogen-bond donors (Lipinski definition) is 2. The molecule has 2 heterocycles. The first-order valence-corrected chi connectivity index (χ1v) is 11.8. The van der Waals surface area contributed by atoms with Gasteiger partial charge in [-0.2, -0.15) is 26.3 Å². The average Bonchev–Trinajstić information content (AvgIpc) is 3.13. The lowest BCUT2D eigenvalue weighted by atomic mass is 9.93. The van der Waals surface area contributed by atoms with Gasteiger partial charge in [-0.05, 0) is 72.2 Å². The molecule has 34 heavy (non-hydrogen) atoms. The van der Waals surface area contributed by atoms with E-state index in [0.717, 1.165) is 49.9 Å². The van der Waals surface area contributed by atoms with Crippen LogP contribution in [-0.4, -0.2) is 13.1 Å². The van der Waals surface area contributed by atoms with Gasteiger partial charge in [-0.3, -0.25) is 0 Å². The molecule has 2 aliphatic rings. The Morgan fingerprint density at radius 2 is 1.06 bits per heavy atom. The van der Waals surface area contributed by atoms with E-state index in [-0.39, 0.29) is 0 Å². The number of fused-ring (bicyclic) bond motifs is 2. The van der Waals surface area contributed by atoms with Crippen molar-refractivity contribution in [2.75, 3.05) is 13.1 Å². The fourth-order valence-electron chi connectivity index (χ4n) is 4.75. The minimum Gasteiger partial charge on any atom is -0.312 e. The summed E-state index contributed by atoms with van der Waals surface area (Å²) in [6.45, 7) is 6.38. The largest absolute Gasteiger partial charge is 0.416 e. The van der Waals surface area contributed by atoms with Gasteiger partial charge in [0, 0.05) is 13.1 Å². The summed E-state index contributed by atoms with van der Waals surface area (Å²) in [5.74, 6) is 0.861. The van der Waals surface area contributed by atoms with Gasteiger partial charge < -0.3 is 10.6 Å². The maximum atomic E-state index is 12.9. The molecule has 0 amide bonds. The van der Waals surface area contributed by atoms with Crippen molar-refractivity contribution in [1.82, 2.24) is 10.6 Å². The standard InChI is InChI=1S/2C13H16F3N/c2*1-2-9-6-10-4-3-5-12(13(14,15)16)11(10)8-17-7-9/h2*3-5,9,17H,2,6-8H2,1H3/t2*9-/m10/s1. The summed E-state index contributed by atoms with van der Waals surface area (Å²) in [7, 11) is 0. The van der Waals surface area contributed by atoms with Gasteiger partial charge >= 0.3 is 12.4 Å². The highest BCUT2D eigenvalue weighted by Gasteiger charge is 2.35. The Bertz CT molecular complexity index is 874. The molecular formula is C26H32F6N2. The molecule has 2 aliphatic heterocycles. The second-order valence-electron chi connectivity index (χ2n) is 9.10. The zero-order chi connectivity index (χ0) is 24.9. The predicted molar refractivity (Wildman–Crippen MR) is 121 cm³/mol. The smallest absolute Gasteiger partial charge is 0.312 e. The highest BCUT2D eigenvalue weighted by atomic mass is 19.4. The third-order valence-electron chi connectivity index (χ3n) is 6.80. The van der Waals surface area contributed by atoms with Crippen LogP contribution in [0.1, 0.15) is 60.1 Å². The summed E-state index contributed by atoms with van der Waals surface area (Å²) < 4.78 is 77.2. The Morgan fingerprint density at radius 1 is 0.676 bits per heavy atom. The van der Waals surface area contributed by atoms with Gasteiger partial charge in [0.25, 0.3) is 0 Å². The van der Waals surface area contributed by atoms with Crippen LogP contribution in [0.15, 0.2) is 36.4 Å². The zero-order valence-electron chi connectivity index (χ0n) is 19.5. The van der Waals surface area contributed by atoms with E-state index in [1.165, 1.54) is 24.3 Å². The Balaban J connectivity index is 0.000000191. The number of alkyl halides is 6. The van der Waals surface area contributed by atoms with Crippen molar-refractivity contribution in [3.63, 3.8) is 0 Å². The van der Waals surface area contributed by atoms with Crippen molar-refractivity contribution >= 4 is 0 Å². The summed E-state index contributed by atoms with van der Waals surface area (Å²) in [5, 5.41) is 6.23. The molecule has 0 fully saturated rings. The number of hydrogen-bond acceptors (Lipinski definition) is 2. The molecule has 0 unspecified atom stereocenters. The van der Waals surface area contributed by atoms with E-state index in [9.17, 15) is 26.3 Å². The van der Waals surface area contributed by atoms with Gasteiger partial charge in [0.05, 0.1) is 11.1 Å². The molecule has 0 spiro atoms. The van der Waals surface area contributed by atoms with Crippen LogP contribution in [-0.2, 0) is 38.3 Å². The van der Waals surface area contributed by atoms with Crippen LogP contribution in [0, 0.1) is 11.8 Å². The van der Waals surface area contributed by atoms with E-state index in [1.807, 2.05) is 12.1 Å². The highest BCUT2D eigenvalue weighted by molar-refractivity contribution is 5.39. The van der Waals surface area contributed by atoms with Crippen molar-refractivity contribution < 1.29 is 26.3 Å². The third-order valence-corrected chi connectivity index (χ3v) is 6.80. The van der Waals surface area contributed by atoms with E-state index in [1.54, 1.807) is 0 Å². The monoisotopic (exact) mass is 486 g/mol. The normalized spacial score (nSPS) is 20.8. The van der Waals surface area contributed by atoms with Crippen LogP contribution in [0.5, 0.6) is 0 Å². The van der Waals surface area contributed by atoms with Crippen LogP contribution in [0.4, 0.5) is 26.3 Å². The van der Waals surface area contributed by atoms with Crippen molar-refractivity contribution in [2.24, 2.45) is 11.8 Å². The summed E-state index contributed by atoms with van der Waals surface area (Å²) >= 11 is 0. The predicted octanol–water partition coefficient (Wildman–Crippen LogP) is 6.75. The van der Waals surface area contributed by atoms with Crippen molar-refractivity contribution in [3.8, 4) is 0 Å². The fourth-order valence-corrected chi connectivity index (χ4v) is 4.75. The Labute approximate surface area is 197 Å². The molecule has 188 valence electrons. The number of rotatable bonds is 2. The molecule has 0 aliphatic carbocycles. The summed E-state index contributed by atoms with van der Waals surface area (Å²) in [5.41, 5.74) is 1.57. The molecule has 2 nitrogen and oxygen atoms in total. The van der Waals surface area contributed by atoms with Crippen LogP contribution in [0.2, 0.25) is 0 Å². The minimum atomic E-state index is -4.25. The molecule has 2 atom stereocenters. The lowest BCUT2D eigenvalue weighted by Gasteiger charge is -2.15. The Hall–Kier alpha value is -2.06. The fraction of sp³-hybridized carbons (Fsp3) is 0.538. The first-order chi connectivity index (χ1) is 16.0. The summed E-state index contributed by atoms with van der Waals surface area (Å²) in [6, 6.07) is 9.01. The van der Waals surface area contributed by atoms with Gasteiger partial charge in [-0.25, -0.2) is 0 Å². The number of halogens is 6. The number of nitrogens with one attached hydrogen (secondary N) is 2. The van der Waals surface area contributed by atoms with Crippen molar-refractivity contribution in [1.29, 1.82) is 0 Å². The van der Waals surface area contributed by atoms with E-state index < -0.39 is 23.5 Å². The molecule has 2 aromatic rings. The van der Waals surface area contributed by atoms with Crippen LogP contribution in [0.3, 0.4) is 0 Å². The molecule has 2 aromatic carbocycles. The van der Waals surface area contributed by atoms with Gasteiger partial charge in [0.15, 0.2) is 0 Å². The van der Waals surface area contributed by atoms with Crippen LogP contribution >= 0.6 is 0 Å². The topological polar surface area (TPSA) is 24.1 Å². The first kappa shape index (κ1) is 26.5. The van der Waals surface area contributed by atoms with Gasteiger partial charge in [0.1, 0.15) is 0 Å². The third kappa shape index (κ3) is 6.54. The lowest BCUT2D eigenvalue weighted by Crippen LogP contribution is -2.20. The second-order valence-corrected chi connectivity index (χ2v) is 9.10. The van der Waals surface area contributed by atoms with Crippen LogP contribution in [0.25, 0.3) is 0 Å². The van der Waals surface area contributed by atoms with E-state index in [0.29, 0.717) is 36.1 Å². The second kappa shape index (κ2) is 11.1. The maximum absolute atomic E-state index is 12.9. The van der Waals surface area contributed by atoms with Gasteiger partial charge in [0.2, 0.25) is 0 Å². The SMILES string of the molecule is CC[C@@H]1CNCc2c(cccc2C(F)(F)F)C1.CC[C@H]1CNCc2c(cccc2C(F)(F)F)C1. The molecule has 0 bridgehead atoms. The Morgan fingerprint density at radius 3 is 1.38 bits per heavy atom. The molecular weight excluding hydrogens is 454 g/mol. The summed E-state index contributed by atoms with van der Waals surface area (Å²) in [6.07, 6.45) is -5.05. The quantitative estimate of drug-likeness (QED) is 0.459. The van der Waals surface area contributed by atoms with Crippen molar-refractivity contribution in [3.05, 3.63) is 69.8 Å². The van der Waals surface area contributed by atoms with E-state index >= 15 is 0 Å². The minimum absolute atomic E-state index is 0.321. The molecule has 0 saturated heterocycles. The molecule has 2 N–H and O–H groups in total. The summed E-state index contributed by atoms with van der Waals surface area (Å²) in [4.78, 5) is 0. The van der Waals surface area contributed by atoms with Crippen molar-refractivity contribution in [2.45, 2.75) is 65.0 Å². The van der Waals surface area contributed by atoms with Gasteiger partial charge in [-0.15, -0.1) is 0 Å². The van der Waals surface area contributed by atoms with Gasteiger partial charge in [-0.1, -0.05) is 51.0 Å². The molecule has 4 rings (SSSR count).